The number of aliphatic carboxylic acids is 1. The molecule has 1 atom stereocenters. The molecule has 0 spiro atoms. The predicted octanol–water partition coefficient (Wildman–Crippen LogP) is -1.49. The second-order valence-electron chi connectivity index (χ2n) is 1.29. The monoisotopic (exact) mass is 149 g/mol. The molecule has 0 saturated heterocycles. The van der Waals surface area contributed by atoms with E-state index in [1.54, 1.807) is 0 Å². The first-order valence-electron chi connectivity index (χ1n) is 2.44. The summed E-state index contributed by atoms with van der Waals surface area (Å²) in [6.07, 6.45) is -0.227. The molecule has 0 radical (unpaired) electrons. The molecular weight excluding hydrogens is 138 g/mol. The van der Waals surface area contributed by atoms with E-state index in [-0.39, 0.29) is 6.61 Å². The summed E-state index contributed by atoms with van der Waals surface area (Å²) in [7, 11) is 0. The summed E-state index contributed by atoms with van der Waals surface area (Å²) in [5.74, 6) is -0.981. The molecular formula is C5H11NO4. The zero-order valence-electron chi connectivity index (χ0n) is 5.40. The predicted molar refractivity (Wildman–Crippen MR) is 35.1 cm³/mol. The van der Waals surface area contributed by atoms with E-state index in [1.165, 1.54) is 0 Å². The van der Waals surface area contributed by atoms with Crippen LogP contribution in [-0.4, -0.2) is 34.1 Å². The number of aliphatic hydroxyl groups is 2. The molecule has 5 N–H and O–H groups in total. The van der Waals surface area contributed by atoms with Gasteiger partial charge in [-0.15, -0.1) is 0 Å². The van der Waals surface area contributed by atoms with E-state index in [2.05, 4.69) is 12.3 Å². The lowest BCUT2D eigenvalue weighted by Crippen LogP contribution is -2.22. The largest absolute Gasteiger partial charge is 0.478 e. The van der Waals surface area contributed by atoms with E-state index in [4.69, 9.17) is 15.3 Å². The number of hydrogen-bond acceptors (Lipinski definition) is 4. The normalized spacial score (nSPS) is 10.7. The van der Waals surface area contributed by atoms with Crippen LogP contribution in [0.1, 0.15) is 0 Å². The standard InChI is InChI=1S/C3H4O2.C2H7NO2/c1-2-3(4)5;3-2(5)1-4/h2H,1H2,(H,4,5);2,4-5H,1,3H2. The molecule has 5 nitrogen and oxygen atoms in total. The molecule has 0 rings (SSSR count). The highest BCUT2D eigenvalue weighted by Gasteiger charge is 1.83. The Morgan fingerprint density at radius 1 is 1.80 bits per heavy atom. The molecule has 5 heteroatoms. The summed E-state index contributed by atoms with van der Waals surface area (Å²) in [5.41, 5.74) is 4.60. The second kappa shape index (κ2) is 8.09. The highest BCUT2D eigenvalue weighted by molar-refractivity contribution is 5.78. The summed E-state index contributed by atoms with van der Waals surface area (Å²) in [6.45, 7) is 2.60. The van der Waals surface area contributed by atoms with Crippen molar-refractivity contribution in [2.45, 2.75) is 6.23 Å². The molecule has 0 aliphatic carbocycles. The van der Waals surface area contributed by atoms with Crippen molar-refractivity contribution in [2.24, 2.45) is 5.73 Å². The average molecular weight is 149 g/mol. The first kappa shape index (κ1) is 11.8. The maximum Gasteiger partial charge on any atom is 0.327 e. The maximum absolute atomic E-state index is 9.25. The molecule has 0 aromatic carbocycles. The summed E-state index contributed by atoms with van der Waals surface area (Å²) in [5, 5.41) is 23.3. The molecule has 0 heterocycles. The molecule has 0 saturated carbocycles. The van der Waals surface area contributed by atoms with Gasteiger partial charge in [0.25, 0.3) is 0 Å². The smallest absolute Gasteiger partial charge is 0.327 e. The first-order chi connectivity index (χ1) is 4.54. The minimum atomic E-state index is -1.06. The van der Waals surface area contributed by atoms with Crippen LogP contribution in [0.2, 0.25) is 0 Å². The number of rotatable bonds is 2. The Morgan fingerprint density at radius 2 is 2.00 bits per heavy atom. The lowest BCUT2D eigenvalue weighted by Gasteiger charge is -1.91. The fraction of sp³-hybridized carbons (Fsp3) is 0.400. The Morgan fingerprint density at radius 3 is 2.00 bits per heavy atom. The molecule has 0 aromatic rings. The van der Waals surface area contributed by atoms with Crippen molar-refractivity contribution in [3.05, 3.63) is 12.7 Å². The lowest BCUT2D eigenvalue weighted by molar-refractivity contribution is -0.131. The number of carboxylic acid groups (broad SMARTS) is 1. The van der Waals surface area contributed by atoms with E-state index < -0.39 is 12.2 Å². The van der Waals surface area contributed by atoms with Crippen molar-refractivity contribution in [1.29, 1.82) is 0 Å². The third-order valence-corrected chi connectivity index (χ3v) is 0.362. The fourth-order valence-corrected chi connectivity index (χ4v) is 0. The van der Waals surface area contributed by atoms with Gasteiger partial charge in [0.05, 0.1) is 6.61 Å². The molecule has 0 aromatic heterocycles. The van der Waals surface area contributed by atoms with E-state index in [0.717, 1.165) is 6.08 Å². The zero-order chi connectivity index (χ0) is 8.57. The third-order valence-electron chi connectivity index (χ3n) is 0.362. The van der Waals surface area contributed by atoms with Crippen LogP contribution < -0.4 is 5.73 Å². The van der Waals surface area contributed by atoms with Crippen LogP contribution in [-0.2, 0) is 4.79 Å². The molecule has 1 unspecified atom stereocenters. The van der Waals surface area contributed by atoms with E-state index in [9.17, 15) is 4.79 Å². The van der Waals surface area contributed by atoms with Crippen molar-refractivity contribution in [3.63, 3.8) is 0 Å². The molecule has 10 heavy (non-hydrogen) atoms. The molecule has 0 aliphatic rings. The van der Waals surface area contributed by atoms with Gasteiger partial charge in [0.15, 0.2) is 0 Å². The maximum atomic E-state index is 9.25. The van der Waals surface area contributed by atoms with Crippen LogP contribution in [0.4, 0.5) is 0 Å². The van der Waals surface area contributed by atoms with Gasteiger partial charge in [-0.3, -0.25) is 0 Å². The number of hydrogen-bond donors (Lipinski definition) is 4. The molecule has 0 bridgehead atoms. The van der Waals surface area contributed by atoms with Crippen LogP contribution in [0, 0.1) is 0 Å². The van der Waals surface area contributed by atoms with Crippen LogP contribution >= 0.6 is 0 Å². The Labute approximate surface area is 58.4 Å². The number of nitrogens with two attached hydrogens (primary N) is 1. The minimum absolute atomic E-state index is 0.361. The summed E-state index contributed by atoms with van der Waals surface area (Å²) >= 11 is 0. The van der Waals surface area contributed by atoms with Gasteiger partial charge in [0.1, 0.15) is 6.23 Å². The van der Waals surface area contributed by atoms with Crippen LogP contribution in [0.3, 0.4) is 0 Å². The van der Waals surface area contributed by atoms with Crippen molar-refractivity contribution >= 4 is 5.97 Å². The lowest BCUT2D eigenvalue weighted by atomic mass is 10.7. The molecule has 0 fully saturated rings. The average Bonchev–Trinajstić information content (AvgIpc) is 1.89. The van der Waals surface area contributed by atoms with Gasteiger partial charge < -0.3 is 21.1 Å². The highest BCUT2D eigenvalue weighted by atomic mass is 16.4. The zero-order valence-corrected chi connectivity index (χ0v) is 5.40. The Bertz CT molecular complexity index is 102. The Hall–Kier alpha value is -0.910. The van der Waals surface area contributed by atoms with E-state index >= 15 is 0 Å². The van der Waals surface area contributed by atoms with Gasteiger partial charge in [-0.2, -0.15) is 0 Å². The number of carboxylic acids is 1. The van der Waals surface area contributed by atoms with Crippen LogP contribution in [0.15, 0.2) is 12.7 Å². The van der Waals surface area contributed by atoms with Gasteiger partial charge in [0.2, 0.25) is 0 Å². The Kier molecular flexibility index (Phi) is 9.57. The number of aliphatic hydroxyl groups excluding tert-OH is 2. The van der Waals surface area contributed by atoms with Crippen molar-refractivity contribution in [3.8, 4) is 0 Å². The van der Waals surface area contributed by atoms with Gasteiger partial charge in [0, 0.05) is 6.08 Å². The highest BCUT2D eigenvalue weighted by Crippen LogP contribution is 1.55. The fourth-order valence-electron chi connectivity index (χ4n) is 0. The second-order valence-corrected chi connectivity index (χ2v) is 1.29. The van der Waals surface area contributed by atoms with E-state index in [0.29, 0.717) is 0 Å². The summed E-state index contributed by atoms with van der Waals surface area (Å²) < 4.78 is 0. The van der Waals surface area contributed by atoms with Gasteiger partial charge in [-0.05, 0) is 0 Å². The molecule has 0 aliphatic heterocycles. The van der Waals surface area contributed by atoms with E-state index in [1.807, 2.05) is 0 Å². The van der Waals surface area contributed by atoms with Gasteiger partial charge in [-0.25, -0.2) is 4.79 Å². The first-order valence-corrected chi connectivity index (χ1v) is 2.44. The van der Waals surface area contributed by atoms with Crippen molar-refractivity contribution < 1.29 is 20.1 Å². The van der Waals surface area contributed by atoms with Crippen molar-refractivity contribution in [1.82, 2.24) is 0 Å². The third kappa shape index (κ3) is 27.5. The minimum Gasteiger partial charge on any atom is -0.478 e. The summed E-state index contributed by atoms with van der Waals surface area (Å²) in [4.78, 5) is 9.25. The van der Waals surface area contributed by atoms with Crippen LogP contribution in [0.5, 0.6) is 0 Å². The molecule has 0 amide bonds. The van der Waals surface area contributed by atoms with Crippen LogP contribution in [0.25, 0.3) is 0 Å². The Balaban J connectivity index is 0. The number of carbonyl (C=O) groups is 1. The van der Waals surface area contributed by atoms with Gasteiger partial charge in [-0.1, -0.05) is 6.58 Å². The van der Waals surface area contributed by atoms with Gasteiger partial charge >= 0.3 is 5.97 Å². The molecule has 60 valence electrons. The quantitative estimate of drug-likeness (QED) is 0.283. The summed E-state index contributed by atoms with van der Waals surface area (Å²) in [6, 6.07) is 0. The SMILES string of the molecule is C=CC(=O)O.NC(O)CO. The van der Waals surface area contributed by atoms with Crippen molar-refractivity contribution in [2.75, 3.05) is 6.61 Å². The topological polar surface area (TPSA) is 104 Å².